The van der Waals surface area contributed by atoms with Gasteiger partial charge in [0.15, 0.2) is 0 Å². The molecular formula is C15H24N2O2. The largest absolute Gasteiger partial charge is 0.495 e. The average molecular weight is 264 g/mol. The number of methoxy groups -OCH3 is 1. The van der Waals surface area contributed by atoms with Crippen molar-refractivity contribution in [1.82, 2.24) is 5.32 Å². The van der Waals surface area contributed by atoms with Crippen LogP contribution in [0.1, 0.15) is 24.5 Å². The van der Waals surface area contributed by atoms with Crippen molar-refractivity contribution in [2.24, 2.45) is 5.92 Å². The van der Waals surface area contributed by atoms with Crippen LogP contribution in [0.15, 0.2) is 12.1 Å². The summed E-state index contributed by atoms with van der Waals surface area (Å²) in [5, 5.41) is 6.00. The summed E-state index contributed by atoms with van der Waals surface area (Å²) in [5.41, 5.74) is 3.03. The molecule has 0 aliphatic carbocycles. The van der Waals surface area contributed by atoms with Gasteiger partial charge in [0.1, 0.15) is 5.75 Å². The first-order valence-corrected chi connectivity index (χ1v) is 6.64. The quantitative estimate of drug-likeness (QED) is 0.830. The molecule has 0 heterocycles. The number of carbonyl (C=O) groups is 1. The van der Waals surface area contributed by atoms with Crippen LogP contribution in [-0.2, 0) is 4.79 Å². The van der Waals surface area contributed by atoms with Crippen molar-refractivity contribution in [2.75, 3.05) is 26.0 Å². The predicted molar refractivity (Wildman–Crippen MR) is 78.8 cm³/mol. The van der Waals surface area contributed by atoms with Crippen LogP contribution in [0.4, 0.5) is 5.69 Å². The Morgan fingerprint density at radius 1 is 1.32 bits per heavy atom. The highest BCUT2D eigenvalue weighted by atomic mass is 16.5. The van der Waals surface area contributed by atoms with E-state index in [9.17, 15) is 4.79 Å². The van der Waals surface area contributed by atoms with Crippen LogP contribution in [-0.4, -0.2) is 26.6 Å². The molecule has 1 aromatic carbocycles. The highest BCUT2D eigenvalue weighted by Crippen LogP contribution is 2.28. The number of anilines is 1. The summed E-state index contributed by atoms with van der Waals surface area (Å²) in [7, 11) is 3.47. The summed E-state index contributed by atoms with van der Waals surface area (Å²) in [6.07, 6.45) is 0.805. The van der Waals surface area contributed by atoms with Gasteiger partial charge in [-0.2, -0.15) is 0 Å². The second-order valence-electron chi connectivity index (χ2n) is 4.79. The van der Waals surface area contributed by atoms with Crippen molar-refractivity contribution in [3.05, 3.63) is 23.3 Å². The van der Waals surface area contributed by atoms with E-state index >= 15 is 0 Å². The lowest BCUT2D eigenvalue weighted by atomic mass is 10.0. The predicted octanol–water partition coefficient (Wildman–Crippen LogP) is 2.50. The van der Waals surface area contributed by atoms with E-state index in [1.54, 1.807) is 7.11 Å². The molecule has 1 unspecified atom stereocenters. The molecule has 0 aliphatic heterocycles. The summed E-state index contributed by atoms with van der Waals surface area (Å²) in [5.74, 6) is 0.700. The van der Waals surface area contributed by atoms with Gasteiger partial charge in [0.05, 0.1) is 18.7 Å². The van der Waals surface area contributed by atoms with Gasteiger partial charge in [-0.25, -0.2) is 0 Å². The van der Waals surface area contributed by atoms with Crippen LogP contribution in [0.2, 0.25) is 0 Å². The van der Waals surface area contributed by atoms with E-state index in [0.29, 0.717) is 12.3 Å². The van der Waals surface area contributed by atoms with Crippen LogP contribution < -0.4 is 15.4 Å². The van der Waals surface area contributed by atoms with E-state index in [4.69, 9.17) is 4.74 Å². The molecule has 2 N–H and O–H groups in total. The molecule has 1 aromatic rings. The summed E-state index contributed by atoms with van der Waals surface area (Å²) in [6, 6.07) is 3.90. The Morgan fingerprint density at radius 2 is 1.95 bits per heavy atom. The van der Waals surface area contributed by atoms with Gasteiger partial charge in [0.2, 0.25) is 5.91 Å². The number of carbonyl (C=O) groups excluding carboxylic acids is 1. The molecule has 0 saturated heterocycles. The fourth-order valence-corrected chi connectivity index (χ4v) is 1.96. The molecular weight excluding hydrogens is 240 g/mol. The summed E-state index contributed by atoms with van der Waals surface area (Å²) in [4.78, 5) is 12.2. The van der Waals surface area contributed by atoms with E-state index in [2.05, 4.69) is 10.6 Å². The van der Waals surface area contributed by atoms with E-state index in [1.807, 2.05) is 40.0 Å². The molecule has 0 saturated carbocycles. The number of nitrogens with one attached hydrogen (secondary N) is 2. The number of rotatable bonds is 6. The Labute approximate surface area is 115 Å². The molecule has 0 spiro atoms. The van der Waals surface area contributed by atoms with Gasteiger partial charge in [0.25, 0.3) is 0 Å². The first kappa shape index (κ1) is 15.5. The van der Waals surface area contributed by atoms with Crippen molar-refractivity contribution in [2.45, 2.75) is 27.2 Å². The third-order valence-electron chi connectivity index (χ3n) is 3.39. The first-order valence-electron chi connectivity index (χ1n) is 6.64. The fraction of sp³-hybridized carbons (Fsp3) is 0.533. The van der Waals surface area contributed by atoms with Crippen molar-refractivity contribution in [3.63, 3.8) is 0 Å². The van der Waals surface area contributed by atoms with Crippen LogP contribution >= 0.6 is 0 Å². The van der Waals surface area contributed by atoms with Crippen LogP contribution in [0.5, 0.6) is 5.75 Å². The highest BCUT2D eigenvalue weighted by molar-refractivity contribution is 5.94. The van der Waals surface area contributed by atoms with Gasteiger partial charge in [-0.15, -0.1) is 0 Å². The van der Waals surface area contributed by atoms with E-state index in [-0.39, 0.29) is 11.8 Å². The number of benzene rings is 1. The molecule has 4 heteroatoms. The number of ether oxygens (including phenoxy) is 1. The monoisotopic (exact) mass is 264 g/mol. The maximum Gasteiger partial charge on any atom is 0.228 e. The molecule has 1 amide bonds. The smallest absolute Gasteiger partial charge is 0.228 e. The van der Waals surface area contributed by atoms with E-state index in [0.717, 1.165) is 23.2 Å². The lowest BCUT2D eigenvalue weighted by molar-refractivity contribution is -0.119. The van der Waals surface area contributed by atoms with E-state index < -0.39 is 0 Å². The third kappa shape index (κ3) is 3.96. The van der Waals surface area contributed by atoms with Gasteiger partial charge in [0, 0.05) is 6.54 Å². The molecule has 4 nitrogen and oxygen atoms in total. The van der Waals surface area contributed by atoms with Crippen LogP contribution in [0, 0.1) is 19.8 Å². The average Bonchev–Trinajstić information content (AvgIpc) is 2.39. The van der Waals surface area contributed by atoms with Gasteiger partial charge >= 0.3 is 0 Å². The maximum atomic E-state index is 12.2. The minimum Gasteiger partial charge on any atom is -0.495 e. The fourth-order valence-electron chi connectivity index (χ4n) is 1.96. The molecule has 0 fully saturated rings. The SMILES string of the molecule is CCC(CNC)C(=O)Nc1cc(C)c(C)cc1OC. The van der Waals surface area contributed by atoms with Gasteiger partial charge < -0.3 is 15.4 Å². The second-order valence-corrected chi connectivity index (χ2v) is 4.79. The zero-order chi connectivity index (χ0) is 14.4. The van der Waals surface area contributed by atoms with Crippen molar-refractivity contribution < 1.29 is 9.53 Å². The van der Waals surface area contributed by atoms with Crippen LogP contribution in [0.3, 0.4) is 0 Å². The normalized spacial score (nSPS) is 12.1. The van der Waals surface area contributed by atoms with Crippen molar-refractivity contribution in [1.29, 1.82) is 0 Å². The Balaban J connectivity index is 2.92. The number of aryl methyl sites for hydroxylation is 2. The highest BCUT2D eigenvalue weighted by Gasteiger charge is 2.17. The summed E-state index contributed by atoms with van der Waals surface area (Å²) < 4.78 is 5.33. The minimum absolute atomic E-state index is 0.0263. The lowest BCUT2D eigenvalue weighted by Crippen LogP contribution is -2.30. The molecule has 1 atom stereocenters. The Kier molecular flexibility index (Phi) is 5.83. The van der Waals surface area contributed by atoms with Crippen LogP contribution in [0.25, 0.3) is 0 Å². The number of amides is 1. The summed E-state index contributed by atoms with van der Waals surface area (Å²) >= 11 is 0. The van der Waals surface area contributed by atoms with Crippen molar-refractivity contribution in [3.8, 4) is 5.75 Å². The first-order chi connectivity index (χ1) is 9.03. The molecule has 0 aromatic heterocycles. The molecule has 0 aliphatic rings. The second kappa shape index (κ2) is 7.14. The van der Waals surface area contributed by atoms with Gasteiger partial charge in [-0.3, -0.25) is 4.79 Å². The Morgan fingerprint density at radius 3 is 2.47 bits per heavy atom. The van der Waals surface area contributed by atoms with Gasteiger partial charge in [-0.05, 0) is 50.6 Å². The molecule has 19 heavy (non-hydrogen) atoms. The molecule has 0 bridgehead atoms. The molecule has 106 valence electrons. The topological polar surface area (TPSA) is 50.4 Å². The lowest BCUT2D eigenvalue weighted by Gasteiger charge is -2.17. The molecule has 1 rings (SSSR count). The zero-order valence-corrected chi connectivity index (χ0v) is 12.5. The minimum atomic E-state index is -0.0312. The number of hydrogen-bond donors (Lipinski definition) is 2. The van der Waals surface area contributed by atoms with Gasteiger partial charge in [-0.1, -0.05) is 6.92 Å². The number of hydrogen-bond acceptors (Lipinski definition) is 3. The van der Waals surface area contributed by atoms with E-state index in [1.165, 1.54) is 0 Å². The van der Waals surface area contributed by atoms with Crippen molar-refractivity contribution >= 4 is 11.6 Å². The Hall–Kier alpha value is -1.55. The summed E-state index contributed by atoms with van der Waals surface area (Å²) in [6.45, 7) is 6.74. The zero-order valence-electron chi connectivity index (χ0n) is 12.5. The Bertz CT molecular complexity index is 444. The third-order valence-corrected chi connectivity index (χ3v) is 3.39. The molecule has 0 radical (unpaired) electrons. The maximum absolute atomic E-state index is 12.2. The standard InChI is InChI=1S/C15H24N2O2/c1-6-12(9-16-4)15(18)17-13-7-10(2)11(3)8-14(13)19-5/h7-8,12,16H,6,9H2,1-5H3,(H,17,18).